The Morgan fingerprint density at radius 2 is 1.54 bits per heavy atom. The molecular weight excluding hydrogens is 186 g/mol. The Morgan fingerprint density at radius 1 is 1.15 bits per heavy atom. The molecule has 0 aromatic carbocycles. The Kier molecular flexibility index (Phi) is 12.5. The SMILES string of the molecule is CC.CC.O=C(Cl)c1ccncc1. The van der Waals surface area contributed by atoms with E-state index in [1.54, 1.807) is 12.1 Å². The molecular formula is C10H16ClNO. The van der Waals surface area contributed by atoms with Crippen molar-refractivity contribution in [3.8, 4) is 0 Å². The lowest BCUT2D eigenvalue weighted by Gasteiger charge is -1.86. The van der Waals surface area contributed by atoms with Gasteiger partial charge in [-0.3, -0.25) is 9.78 Å². The topological polar surface area (TPSA) is 30.0 Å². The van der Waals surface area contributed by atoms with Crippen LogP contribution in [-0.4, -0.2) is 10.2 Å². The van der Waals surface area contributed by atoms with E-state index in [2.05, 4.69) is 4.98 Å². The lowest BCUT2D eigenvalue weighted by molar-refractivity contribution is 0.108. The summed E-state index contributed by atoms with van der Waals surface area (Å²) in [7, 11) is 0. The lowest BCUT2D eigenvalue weighted by atomic mass is 10.3. The maximum atomic E-state index is 10.4. The van der Waals surface area contributed by atoms with Crippen molar-refractivity contribution in [3.05, 3.63) is 30.1 Å². The zero-order valence-corrected chi connectivity index (χ0v) is 9.30. The Balaban J connectivity index is 0. The highest BCUT2D eigenvalue weighted by Crippen LogP contribution is 1.99. The molecule has 0 saturated carbocycles. The summed E-state index contributed by atoms with van der Waals surface area (Å²) in [5.41, 5.74) is 0.478. The number of hydrogen-bond donors (Lipinski definition) is 0. The number of rotatable bonds is 1. The molecule has 0 atom stereocenters. The normalized spacial score (nSPS) is 7.15. The summed E-state index contributed by atoms with van der Waals surface area (Å²) in [6.45, 7) is 8.00. The quantitative estimate of drug-likeness (QED) is 0.651. The average molecular weight is 202 g/mol. The van der Waals surface area contributed by atoms with Crippen molar-refractivity contribution in [1.82, 2.24) is 4.98 Å². The number of nitrogens with zero attached hydrogens (tertiary/aromatic N) is 1. The fourth-order valence-corrected chi connectivity index (χ4v) is 0.609. The van der Waals surface area contributed by atoms with Gasteiger partial charge in [0.15, 0.2) is 0 Å². The van der Waals surface area contributed by atoms with Crippen molar-refractivity contribution >= 4 is 16.8 Å². The summed E-state index contributed by atoms with van der Waals surface area (Å²) in [5.74, 6) is 0. The second kappa shape index (κ2) is 11.1. The van der Waals surface area contributed by atoms with Crippen LogP contribution in [0.5, 0.6) is 0 Å². The van der Waals surface area contributed by atoms with Gasteiger partial charge in [0.05, 0.1) is 0 Å². The summed E-state index contributed by atoms with van der Waals surface area (Å²) < 4.78 is 0. The maximum Gasteiger partial charge on any atom is 0.252 e. The van der Waals surface area contributed by atoms with Gasteiger partial charge in [0.1, 0.15) is 0 Å². The second-order valence-electron chi connectivity index (χ2n) is 1.51. The summed E-state index contributed by atoms with van der Waals surface area (Å²) in [6.07, 6.45) is 3.05. The van der Waals surface area contributed by atoms with E-state index in [-0.39, 0.29) is 0 Å². The highest BCUT2D eigenvalue weighted by atomic mass is 35.5. The van der Waals surface area contributed by atoms with E-state index in [0.717, 1.165) is 0 Å². The molecule has 0 N–H and O–H groups in total. The van der Waals surface area contributed by atoms with Crippen LogP contribution >= 0.6 is 11.6 Å². The van der Waals surface area contributed by atoms with Crippen LogP contribution in [0.3, 0.4) is 0 Å². The molecule has 0 aliphatic heterocycles. The second-order valence-corrected chi connectivity index (χ2v) is 1.85. The molecule has 0 aliphatic carbocycles. The largest absolute Gasteiger partial charge is 0.276 e. The van der Waals surface area contributed by atoms with E-state index in [1.165, 1.54) is 12.4 Å². The molecule has 0 fully saturated rings. The van der Waals surface area contributed by atoms with Crippen molar-refractivity contribution < 1.29 is 4.79 Å². The van der Waals surface area contributed by atoms with Gasteiger partial charge in [-0.05, 0) is 23.7 Å². The number of carbonyl (C=O) groups is 1. The highest BCUT2D eigenvalue weighted by Gasteiger charge is 1.96. The van der Waals surface area contributed by atoms with Crippen molar-refractivity contribution in [3.63, 3.8) is 0 Å². The van der Waals surface area contributed by atoms with Crippen LogP contribution < -0.4 is 0 Å². The summed E-state index contributed by atoms with van der Waals surface area (Å²) in [6, 6.07) is 3.13. The predicted octanol–water partition coefficient (Wildman–Crippen LogP) is 3.51. The Hall–Kier alpha value is -0.890. The highest BCUT2D eigenvalue weighted by molar-refractivity contribution is 6.67. The molecule has 74 valence electrons. The van der Waals surface area contributed by atoms with Crippen LogP contribution in [0.4, 0.5) is 0 Å². The molecule has 0 amide bonds. The first kappa shape index (κ1) is 14.6. The number of pyridine rings is 1. The van der Waals surface area contributed by atoms with Crippen molar-refractivity contribution in [2.24, 2.45) is 0 Å². The molecule has 0 saturated heterocycles. The van der Waals surface area contributed by atoms with E-state index in [0.29, 0.717) is 5.56 Å². The Labute approximate surface area is 85.0 Å². The molecule has 1 heterocycles. The van der Waals surface area contributed by atoms with E-state index < -0.39 is 5.24 Å². The predicted molar refractivity (Wildman–Crippen MR) is 57.1 cm³/mol. The number of carbonyl (C=O) groups excluding carboxylic acids is 1. The van der Waals surface area contributed by atoms with Gasteiger partial charge in [-0.15, -0.1) is 0 Å². The minimum absolute atomic E-state index is 0.447. The Bertz CT molecular complexity index is 211. The average Bonchev–Trinajstić information content (AvgIpc) is 2.25. The van der Waals surface area contributed by atoms with Gasteiger partial charge in [0.2, 0.25) is 0 Å². The number of aromatic nitrogens is 1. The summed E-state index contributed by atoms with van der Waals surface area (Å²) >= 11 is 5.14. The molecule has 1 aromatic heterocycles. The fraction of sp³-hybridized carbons (Fsp3) is 0.400. The first-order chi connectivity index (χ1) is 6.30. The first-order valence-corrected chi connectivity index (χ1v) is 4.78. The standard InChI is InChI=1S/C6H4ClNO.2C2H6/c7-6(9)5-1-3-8-4-2-5;2*1-2/h1-4H;2*1-2H3. The smallest absolute Gasteiger partial charge is 0.252 e. The van der Waals surface area contributed by atoms with Crippen LogP contribution in [0.25, 0.3) is 0 Å². The molecule has 0 unspecified atom stereocenters. The van der Waals surface area contributed by atoms with E-state index >= 15 is 0 Å². The van der Waals surface area contributed by atoms with Gasteiger partial charge in [0, 0.05) is 18.0 Å². The van der Waals surface area contributed by atoms with E-state index in [9.17, 15) is 4.79 Å². The van der Waals surface area contributed by atoms with Gasteiger partial charge in [-0.2, -0.15) is 0 Å². The van der Waals surface area contributed by atoms with Gasteiger partial charge < -0.3 is 0 Å². The fourth-order valence-electron chi connectivity index (χ4n) is 0.483. The molecule has 3 heteroatoms. The first-order valence-electron chi connectivity index (χ1n) is 4.40. The van der Waals surface area contributed by atoms with Crippen molar-refractivity contribution in [2.45, 2.75) is 27.7 Å². The van der Waals surface area contributed by atoms with Crippen molar-refractivity contribution in [2.75, 3.05) is 0 Å². The molecule has 0 radical (unpaired) electrons. The molecule has 1 aromatic rings. The Morgan fingerprint density at radius 3 is 1.77 bits per heavy atom. The third kappa shape index (κ3) is 7.47. The summed E-state index contributed by atoms with van der Waals surface area (Å²) in [5, 5.41) is -0.447. The summed E-state index contributed by atoms with van der Waals surface area (Å²) in [4.78, 5) is 14.1. The van der Waals surface area contributed by atoms with Gasteiger partial charge >= 0.3 is 0 Å². The minimum atomic E-state index is -0.447. The monoisotopic (exact) mass is 201 g/mol. The maximum absolute atomic E-state index is 10.4. The molecule has 0 bridgehead atoms. The van der Waals surface area contributed by atoms with Gasteiger partial charge in [0.25, 0.3) is 5.24 Å². The third-order valence-electron chi connectivity index (χ3n) is 0.907. The van der Waals surface area contributed by atoms with Crippen LogP contribution in [0.1, 0.15) is 38.1 Å². The molecule has 2 nitrogen and oxygen atoms in total. The lowest BCUT2D eigenvalue weighted by Crippen LogP contribution is -1.86. The van der Waals surface area contributed by atoms with E-state index in [4.69, 9.17) is 11.6 Å². The molecule has 1 rings (SSSR count). The molecule has 13 heavy (non-hydrogen) atoms. The zero-order chi connectivity index (χ0) is 10.7. The number of halogens is 1. The van der Waals surface area contributed by atoms with Crippen LogP contribution in [0.2, 0.25) is 0 Å². The van der Waals surface area contributed by atoms with Crippen LogP contribution in [-0.2, 0) is 0 Å². The van der Waals surface area contributed by atoms with Gasteiger partial charge in [-0.1, -0.05) is 27.7 Å². The molecule has 0 spiro atoms. The van der Waals surface area contributed by atoms with E-state index in [1.807, 2.05) is 27.7 Å². The molecule has 0 aliphatic rings. The zero-order valence-electron chi connectivity index (χ0n) is 8.54. The third-order valence-corrected chi connectivity index (χ3v) is 1.13. The van der Waals surface area contributed by atoms with Gasteiger partial charge in [-0.25, -0.2) is 0 Å². The minimum Gasteiger partial charge on any atom is -0.276 e. The van der Waals surface area contributed by atoms with Crippen LogP contribution in [0.15, 0.2) is 24.5 Å². The number of hydrogen-bond acceptors (Lipinski definition) is 2. The van der Waals surface area contributed by atoms with Crippen LogP contribution in [0, 0.1) is 0 Å². The van der Waals surface area contributed by atoms with Crippen molar-refractivity contribution in [1.29, 1.82) is 0 Å².